The molecule has 0 spiro atoms. The van der Waals surface area contributed by atoms with E-state index in [4.69, 9.17) is 4.42 Å². The molecule has 0 unspecified atom stereocenters. The van der Waals surface area contributed by atoms with E-state index in [0.29, 0.717) is 36.6 Å². The number of amides is 1. The molecule has 1 aromatic heterocycles. The van der Waals surface area contributed by atoms with Crippen molar-refractivity contribution in [3.05, 3.63) is 42.2 Å². The van der Waals surface area contributed by atoms with Crippen molar-refractivity contribution in [1.82, 2.24) is 15.6 Å². The molecule has 0 saturated heterocycles. The number of carbonyl (C=O) groups excluding carboxylic acids is 1. The minimum atomic E-state index is -0.354. The fourth-order valence-corrected chi connectivity index (χ4v) is 2.11. The van der Waals surface area contributed by atoms with Crippen LogP contribution in [-0.2, 0) is 11.2 Å². The molecular formula is C17H24Cl2FN3O2. The Morgan fingerprint density at radius 3 is 2.68 bits per heavy atom. The first kappa shape index (κ1) is 23.4. The Morgan fingerprint density at radius 2 is 1.96 bits per heavy atom. The van der Waals surface area contributed by atoms with Crippen molar-refractivity contribution >= 4 is 30.7 Å². The average molecular weight is 392 g/mol. The molecule has 2 N–H and O–H groups in total. The van der Waals surface area contributed by atoms with Crippen LogP contribution in [-0.4, -0.2) is 30.5 Å². The third kappa shape index (κ3) is 7.86. The molecule has 8 heteroatoms. The summed E-state index contributed by atoms with van der Waals surface area (Å²) in [4.78, 5) is 15.8. The van der Waals surface area contributed by atoms with Gasteiger partial charge in [-0.25, -0.2) is 9.37 Å². The Bertz CT molecular complexity index is 638. The molecule has 5 nitrogen and oxygen atoms in total. The summed E-state index contributed by atoms with van der Waals surface area (Å²) >= 11 is 0. The van der Waals surface area contributed by atoms with Crippen LogP contribution in [0.5, 0.6) is 0 Å². The summed E-state index contributed by atoms with van der Waals surface area (Å²) in [5, 5.41) is 6.04. The molecular weight excluding hydrogens is 368 g/mol. The first-order valence-electron chi connectivity index (χ1n) is 7.87. The highest BCUT2D eigenvalue weighted by atomic mass is 35.5. The summed E-state index contributed by atoms with van der Waals surface area (Å²) < 4.78 is 19.2. The van der Waals surface area contributed by atoms with Gasteiger partial charge in [0.05, 0.1) is 11.8 Å². The first-order chi connectivity index (χ1) is 11.2. The van der Waals surface area contributed by atoms with E-state index in [9.17, 15) is 9.18 Å². The van der Waals surface area contributed by atoms with E-state index in [1.807, 2.05) is 0 Å². The van der Waals surface area contributed by atoms with Crippen LogP contribution >= 0.6 is 24.8 Å². The van der Waals surface area contributed by atoms with E-state index >= 15 is 0 Å². The van der Waals surface area contributed by atoms with Gasteiger partial charge in [0.2, 0.25) is 5.91 Å². The maximum absolute atomic E-state index is 13.7. The number of oxazole rings is 1. The van der Waals surface area contributed by atoms with E-state index in [2.05, 4.69) is 22.5 Å². The molecule has 0 aliphatic carbocycles. The number of aryl methyl sites for hydroxylation is 1. The molecule has 140 valence electrons. The Kier molecular flexibility index (Phi) is 11.9. The number of halogens is 3. The minimum Gasteiger partial charge on any atom is -0.441 e. The van der Waals surface area contributed by atoms with Crippen molar-refractivity contribution in [3.8, 4) is 11.3 Å². The highest BCUT2D eigenvalue weighted by molar-refractivity contribution is 5.85. The SMILES string of the molecule is CCCNCCNC(=O)CCc1ncc(-c2ccccc2F)o1.Cl.Cl. The van der Waals surface area contributed by atoms with Crippen LogP contribution in [0, 0.1) is 5.82 Å². The van der Waals surface area contributed by atoms with Gasteiger partial charge in [0.25, 0.3) is 0 Å². The van der Waals surface area contributed by atoms with Crippen molar-refractivity contribution < 1.29 is 13.6 Å². The zero-order valence-corrected chi connectivity index (χ0v) is 15.7. The highest BCUT2D eigenvalue weighted by Crippen LogP contribution is 2.23. The van der Waals surface area contributed by atoms with Gasteiger partial charge in [-0.3, -0.25) is 4.79 Å². The van der Waals surface area contributed by atoms with Crippen molar-refractivity contribution in [2.45, 2.75) is 26.2 Å². The highest BCUT2D eigenvalue weighted by Gasteiger charge is 2.11. The molecule has 1 aromatic carbocycles. The monoisotopic (exact) mass is 391 g/mol. The van der Waals surface area contributed by atoms with Crippen LogP contribution < -0.4 is 10.6 Å². The second kappa shape index (κ2) is 12.7. The molecule has 0 atom stereocenters. The van der Waals surface area contributed by atoms with Crippen LogP contribution in [0.1, 0.15) is 25.7 Å². The second-order valence-electron chi connectivity index (χ2n) is 5.20. The summed E-state index contributed by atoms with van der Waals surface area (Å²) in [5.74, 6) is 0.409. The number of hydrogen-bond donors (Lipinski definition) is 2. The third-order valence-corrected chi connectivity index (χ3v) is 3.31. The Morgan fingerprint density at radius 1 is 1.20 bits per heavy atom. The van der Waals surface area contributed by atoms with Crippen LogP contribution in [0.15, 0.2) is 34.9 Å². The number of benzene rings is 1. The fourth-order valence-electron chi connectivity index (χ4n) is 2.11. The number of hydrogen-bond acceptors (Lipinski definition) is 4. The topological polar surface area (TPSA) is 67.2 Å². The van der Waals surface area contributed by atoms with Crippen LogP contribution in [0.2, 0.25) is 0 Å². The molecule has 0 fully saturated rings. The van der Waals surface area contributed by atoms with Crippen LogP contribution in [0.25, 0.3) is 11.3 Å². The van der Waals surface area contributed by atoms with E-state index in [0.717, 1.165) is 19.5 Å². The molecule has 0 aliphatic rings. The van der Waals surface area contributed by atoms with Gasteiger partial charge in [-0.05, 0) is 25.1 Å². The van der Waals surface area contributed by atoms with Crippen LogP contribution in [0.4, 0.5) is 4.39 Å². The molecule has 0 bridgehead atoms. The fraction of sp³-hybridized carbons (Fsp3) is 0.412. The molecule has 1 amide bonds. The van der Waals surface area contributed by atoms with Gasteiger partial charge in [-0.15, -0.1) is 24.8 Å². The van der Waals surface area contributed by atoms with Gasteiger partial charge in [-0.2, -0.15) is 0 Å². The minimum absolute atomic E-state index is 0. The van der Waals surface area contributed by atoms with Gasteiger partial charge >= 0.3 is 0 Å². The lowest BCUT2D eigenvalue weighted by molar-refractivity contribution is -0.121. The van der Waals surface area contributed by atoms with Crippen molar-refractivity contribution in [3.63, 3.8) is 0 Å². The van der Waals surface area contributed by atoms with E-state index in [1.54, 1.807) is 18.2 Å². The molecule has 0 aliphatic heterocycles. The third-order valence-electron chi connectivity index (χ3n) is 3.31. The van der Waals surface area contributed by atoms with Crippen molar-refractivity contribution in [2.75, 3.05) is 19.6 Å². The molecule has 1 heterocycles. The second-order valence-corrected chi connectivity index (χ2v) is 5.20. The van der Waals surface area contributed by atoms with Crippen molar-refractivity contribution in [1.29, 1.82) is 0 Å². The summed E-state index contributed by atoms with van der Waals surface area (Å²) in [6.07, 6.45) is 3.25. The number of rotatable bonds is 9. The van der Waals surface area contributed by atoms with Gasteiger partial charge in [0.1, 0.15) is 5.82 Å². The summed E-state index contributed by atoms with van der Waals surface area (Å²) in [6, 6.07) is 6.36. The molecule has 2 rings (SSSR count). The standard InChI is InChI=1S/C17H22FN3O2.2ClH/c1-2-9-19-10-11-20-16(22)7-8-17-21-12-15(23-17)13-5-3-4-6-14(13)18;;/h3-6,12,19H,2,7-11H2,1H3,(H,20,22);2*1H. The number of nitrogens with one attached hydrogen (secondary N) is 2. The van der Waals surface area contributed by atoms with E-state index < -0.39 is 0 Å². The predicted molar refractivity (Wildman–Crippen MR) is 101 cm³/mol. The number of aromatic nitrogens is 1. The normalized spacial score (nSPS) is 9.84. The Balaban J connectivity index is 0.00000288. The van der Waals surface area contributed by atoms with E-state index in [-0.39, 0.29) is 36.5 Å². The Labute approximate surface area is 159 Å². The smallest absolute Gasteiger partial charge is 0.220 e. The van der Waals surface area contributed by atoms with E-state index in [1.165, 1.54) is 12.3 Å². The lowest BCUT2D eigenvalue weighted by Crippen LogP contribution is -2.32. The lowest BCUT2D eigenvalue weighted by atomic mass is 10.2. The summed E-state index contributed by atoms with van der Waals surface area (Å²) in [7, 11) is 0. The van der Waals surface area contributed by atoms with Gasteiger partial charge in [0.15, 0.2) is 11.7 Å². The molecule has 2 aromatic rings. The summed E-state index contributed by atoms with van der Waals surface area (Å²) in [6.45, 7) is 4.41. The van der Waals surface area contributed by atoms with Crippen molar-refractivity contribution in [2.24, 2.45) is 0 Å². The average Bonchev–Trinajstić information content (AvgIpc) is 3.02. The molecule has 25 heavy (non-hydrogen) atoms. The first-order valence-corrected chi connectivity index (χ1v) is 7.87. The Hall–Kier alpha value is -1.63. The maximum atomic E-state index is 13.7. The van der Waals surface area contributed by atoms with Gasteiger partial charge in [0, 0.05) is 25.9 Å². The van der Waals surface area contributed by atoms with Gasteiger partial charge in [-0.1, -0.05) is 19.1 Å². The number of carbonyl (C=O) groups is 1. The predicted octanol–water partition coefficient (Wildman–Crippen LogP) is 3.37. The molecule has 0 radical (unpaired) electrons. The zero-order chi connectivity index (χ0) is 16.5. The largest absolute Gasteiger partial charge is 0.441 e. The zero-order valence-electron chi connectivity index (χ0n) is 14.1. The van der Waals surface area contributed by atoms with Gasteiger partial charge < -0.3 is 15.1 Å². The van der Waals surface area contributed by atoms with Crippen LogP contribution in [0.3, 0.4) is 0 Å². The summed E-state index contributed by atoms with van der Waals surface area (Å²) in [5.41, 5.74) is 0.373. The molecule has 0 saturated carbocycles. The quantitative estimate of drug-likeness (QED) is 0.643. The maximum Gasteiger partial charge on any atom is 0.220 e. The lowest BCUT2D eigenvalue weighted by Gasteiger charge is -2.05. The number of nitrogens with zero attached hydrogens (tertiary/aromatic N) is 1.